The minimum atomic E-state index is 0.687. The molecule has 3 heteroatoms. The van der Waals surface area contributed by atoms with E-state index in [9.17, 15) is 0 Å². The Labute approximate surface area is 123 Å². The highest BCUT2D eigenvalue weighted by atomic mass is 15.1. The molecule has 0 saturated heterocycles. The summed E-state index contributed by atoms with van der Waals surface area (Å²) in [7, 11) is 2.21. The van der Waals surface area contributed by atoms with Gasteiger partial charge in [0.15, 0.2) is 0 Å². The molecule has 0 radical (unpaired) electrons. The lowest BCUT2D eigenvalue weighted by Crippen LogP contribution is -2.29. The van der Waals surface area contributed by atoms with Crippen molar-refractivity contribution in [2.45, 2.75) is 46.2 Å². The van der Waals surface area contributed by atoms with Crippen LogP contribution in [0.1, 0.15) is 44.5 Å². The lowest BCUT2D eigenvalue weighted by Gasteiger charge is -2.30. The maximum Gasteiger partial charge on any atom is 0.0547 e. The summed E-state index contributed by atoms with van der Waals surface area (Å²) in [5, 5.41) is 3.46. The largest absolute Gasteiger partial charge is 0.311 e. The van der Waals surface area contributed by atoms with Gasteiger partial charge in [-0.1, -0.05) is 26.3 Å². The fourth-order valence-electron chi connectivity index (χ4n) is 2.66. The lowest BCUT2D eigenvalue weighted by atomic mass is 9.85. The Bertz CT molecular complexity index is 399. The van der Waals surface area contributed by atoms with E-state index in [1.807, 2.05) is 0 Å². The zero-order chi connectivity index (χ0) is 14.4. The van der Waals surface area contributed by atoms with E-state index in [-0.39, 0.29) is 0 Å². The number of nitrogens with one attached hydrogen (secondary N) is 1. The first-order valence-corrected chi connectivity index (χ1v) is 7.97. The Hall–Kier alpha value is -0.930. The fraction of sp³-hybridized carbons (Fsp3) is 0.706. The molecule has 112 valence electrons. The molecule has 0 atom stereocenters. The number of hydrogen-bond acceptors (Lipinski definition) is 3. The van der Waals surface area contributed by atoms with Crippen LogP contribution in [0, 0.1) is 11.8 Å². The molecule has 1 fully saturated rings. The number of aromatic nitrogens is 1. The van der Waals surface area contributed by atoms with E-state index >= 15 is 0 Å². The normalized spacial score (nSPS) is 15.8. The van der Waals surface area contributed by atoms with Gasteiger partial charge in [0.25, 0.3) is 0 Å². The van der Waals surface area contributed by atoms with Crippen LogP contribution in [0.4, 0.5) is 0 Å². The third-order valence-corrected chi connectivity index (χ3v) is 3.95. The van der Waals surface area contributed by atoms with Crippen LogP contribution in [0.3, 0.4) is 0 Å². The number of nitrogens with zero attached hydrogens (tertiary/aromatic N) is 2. The summed E-state index contributed by atoms with van der Waals surface area (Å²) in [6.45, 7) is 8.57. The highest BCUT2D eigenvalue weighted by Gasteiger charge is 2.19. The molecule has 0 spiro atoms. The van der Waals surface area contributed by atoms with Gasteiger partial charge in [-0.3, -0.25) is 4.98 Å². The van der Waals surface area contributed by atoms with Crippen molar-refractivity contribution >= 4 is 0 Å². The molecule has 1 aliphatic carbocycles. The maximum absolute atomic E-state index is 4.76. The quantitative estimate of drug-likeness (QED) is 0.790. The molecule has 0 aromatic carbocycles. The zero-order valence-corrected chi connectivity index (χ0v) is 13.2. The second-order valence-corrected chi connectivity index (χ2v) is 6.64. The van der Waals surface area contributed by atoms with E-state index in [1.165, 1.54) is 31.5 Å². The molecule has 20 heavy (non-hydrogen) atoms. The first-order chi connectivity index (χ1) is 9.63. The standard InChI is InChI=1S/C17H29N3/c1-14(2)10-18-11-16-8-5-9-17(19-16)13-20(3)12-15-6-4-7-15/h5,8-9,14-15,18H,4,6-7,10-13H2,1-3H3. The first kappa shape index (κ1) is 15.5. The summed E-state index contributed by atoms with van der Waals surface area (Å²) < 4.78 is 0. The predicted molar refractivity (Wildman–Crippen MR) is 84.5 cm³/mol. The van der Waals surface area contributed by atoms with Crippen LogP contribution in [0.25, 0.3) is 0 Å². The predicted octanol–water partition coefficient (Wildman–Crippen LogP) is 3.06. The van der Waals surface area contributed by atoms with Crippen LogP contribution in [0.15, 0.2) is 18.2 Å². The first-order valence-electron chi connectivity index (χ1n) is 7.97. The van der Waals surface area contributed by atoms with Crippen molar-refractivity contribution in [2.75, 3.05) is 20.1 Å². The van der Waals surface area contributed by atoms with Gasteiger partial charge in [0, 0.05) is 19.6 Å². The van der Waals surface area contributed by atoms with Crippen LogP contribution in [-0.4, -0.2) is 30.0 Å². The molecule has 1 aliphatic rings. The number of rotatable bonds is 8. The van der Waals surface area contributed by atoms with Crippen LogP contribution >= 0.6 is 0 Å². The van der Waals surface area contributed by atoms with Gasteiger partial charge in [0.1, 0.15) is 0 Å². The molecule has 2 rings (SSSR count). The highest BCUT2D eigenvalue weighted by molar-refractivity contribution is 5.11. The second-order valence-electron chi connectivity index (χ2n) is 6.64. The van der Waals surface area contributed by atoms with Crippen molar-refractivity contribution in [1.82, 2.24) is 15.2 Å². The molecule has 1 aromatic heterocycles. The average Bonchev–Trinajstić information content (AvgIpc) is 2.34. The topological polar surface area (TPSA) is 28.2 Å². The van der Waals surface area contributed by atoms with E-state index in [1.54, 1.807) is 0 Å². The van der Waals surface area contributed by atoms with Crippen molar-refractivity contribution < 1.29 is 0 Å². The molecule has 0 amide bonds. The third kappa shape index (κ3) is 5.22. The summed E-state index contributed by atoms with van der Waals surface area (Å²) in [6, 6.07) is 6.39. The molecule has 0 bridgehead atoms. The van der Waals surface area contributed by atoms with Gasteiger partial charge in [-0.15, -0.1) is 0 Å². The van der Waals surface area contributed by atoms with E-state index in [2.05, 4.69) is 49.3 Å². The van der Waals surface area contributed by atoms with Crippen molar-refractivity contribution in [1.29, 1.82) is 0 Å². The number of hydrogen-bond donors (Lipinski definition) is 1. The fourth-order valence-corrected chi connectivity index (χ4v) is 2.66. The SMILES string of the molecule is CC(C)CNCc1cccc(CN(C)CC2CCC2)n1. The van der Waals surface area contributed by atoms with E-state index in [0.717, 1.165) is 31.2 Å². The second kappa shape index (κ2) is 7.75. The van der Waals surface area contributed by atoms with E-state index < -0.39 is 0 Å². The monoisotopic (exact) mass is 275 g/mol. The Balaban J connectivity index is 1.78. The minimum absolute atomic E-state index is 0.687. The summed E-state index contributed by atoms with van der Waals surface area (Å²) in [5.41, 5.74) is 2.34. The van der Waals surface area contributed by atoms with E-state index in [0.29, 0.717) is 5.92 Å². The average molecular weight is 275 g/mol. The Kier molecular flexibility index (Phi) is 5.99. The molecular weight excluding hydrogens is 246 g/mol. The molecular formula is C17H29N3. The van der Waals surface area contributed by atoms with Gasteiger partial charge in [0.05, 0.1) is 11.4 Å². The van der Waals surface area contributed by atoms with E-state index in [4.69, 9.17) is 4.98 Å². The Morgan fingerprint density at radius 3 is 2.70 bits per heavy atom. The summed E-state index contributed by atoms with van der Waals surface area (Å²) in [4.78, 5) is 7.17. The zero-order valence-electron chi connectivity index (χ0n) is 13.2. The van der Waals surface area contributed by atoms with Gasteiger partial charge in [-0.05, 0) is 50.4 Å². The van der Waals surface area contributed by atoms with Crippen molar-refractivity contribution in [3.8, 4) is 0 Å². The van der Waals surface area contributed by atoms with Crippen LogP contribution in [-0.2, 0) is 13.1 Å². The van der Waals surface area contributed by atoms with Crippen molar-refractivity contribution in [2.24, 2.45) is 11.8 Å². The molecule has 0 aliphatic heterocycles. The van der Waals surface area contributed by atoms with Crippen molar-refractivity contribution in [3.05, 3.63) is 29.6 Å². The van der Waals surface area contributed by atoms with Gasteiger partial charge in [-0.25, -0.2) is 0 Å². The third-order valence-electron chi connectivity index (χ3n) is 3.95. The summed E-state index contributed by atoms with van der Waals surface area (Å²) >= 11 is 0. The van der Waals surface area contributed by atoms with Crippen LogP contribution < -0.4 is 5.32 Å². The molecule has 1 aromatic rings. The molecule has 1 saturated carbocycles. The van der Waals surface area contributed by atoms with Crippen molar-refractivity contribution in [3.63, 3.8) is 0 Å². The maximum atomic E-state index is 4.76. The van der Waals surface area contributed by atoms with Gasteiger partial charge < -0.3 is 10.2 Å². The highest BCUT2D eigenvalue weighted by Crippen LogP contribution is 2.26. The smallest absolute Gasteiger partial charge is 0.0547 e. The summed E-state index contributed by atoms with van der Waals surface area (Å²) in [5.74, 6) is 1.61. The van der Waals surface area contributed by atoms with Crippen LogP contribution in [0.2, 0.25) is 0 Å². The molecule has 3 nitrogen and oxygen atoms in total. The summed E-state index contributed by atoms with van der Waals surface area (Å²) in [6.07, 6.45) is 4.25. The Morgan fingerprint density at radius 2 is 2.05 bits per heavy atom. The molecule has 1 N–H and O–H groups in total. The Morgan fingerprint density at radius 1 is 1.30 bits per heavy atom. The van der Waals surface area contributed by atoms with Crippen LogP contribution in [0.5, 0.6) is 0 Å². The molecule has 0 unspecified atom stereocenters. The lowest BCUT2D eigenvalue weighted by molar-refractivity contribution is 0.199. The minimum Gasteiger partial charge on any atom is -0.311 e. The number of pyridine rings is 1. The van der Waals surface area contributed by atoms with Gasteiger partial charge >= 0.3 is 0 Å². The van der Waals surface area contributed by atoms with Gasteiger partial charge in [-0.2, -0.15) is 0 Å². The van der Waals surface area contributed by atoms with Gasteiger partial charge in [0.2, 0.25) is 0 Å². The molecule has 1 heterocycles.